The number of aliphatic hydroxyl groups is 2. The number of aromatic nitrogens is 3. The Kier molecular flexibility index (Phi) is 4.00. The van der Waals surface area contributed by atoms with E-state index in [-0.39, 0.29) is 12.4 Å². The summed E-state index contributed by atoms with van der Waals surface area (Å²) in [7, 11) is 0. The fourth-order valence-corrected chi connectivity index (χ4v) is 3.46. The van der Waals surface area contributed by atoms with Gasteiger partial charge in [0.05, 0.1) is 22.5 Å². The molecule has 4 atom stereocenters. The van der Waals surface area contributed by atoms with Gasteiger partial charge in [-0.3, -0.25) is 0 Å². The zero-order valence-electron chi connectivity index (χ0n) is 12.2. The van der Waals surface area contributed by atoms with Gasteiger partial charge in [-0.25, -0.2) is 9.97 Å². The molecule has 0 aliphatic carbocycles. The first-order chi connectivity index (χ1) is 10.9. The third kappa shape index (κ3) is 2.38. The average Bonchev–Trinajstić information content (AvgIpc) is 2.97. The molecule has 124 valence electrons. The number of hydrogen-bond donors (Lipinski definition) is 4. The van der Waals surface area contributed by atoms with E-state index in [0.29, 0.717) is 16.6 Å². The highest BCUT2D eigenvalue weighted by atomic mass is 79.9. The fraction of sp³-hybridized carbons (Fsp3) is 0.462. The molecule has 2 aromatic heterocycles. The van der Waals surface area contributed by atoms with E-state index in [2.05, 4.69) is 31.1 Å². The van der Waals surface area contributed by atoms with Crippen molar-refractivity contribution in [2.45, 2.75) is 29.7 Å². The second-order valence-electron chi connectivity index (χ2n) is 5.50. The molecule has 2 aromatic rings. The van der Waals surface area contributed by atoms with Gasteiger partial charge in [-0.05, 0) is 6.92 Å². The van der Waals surface area contributed by atoms with Crippen LogP contribution in [0.25, 0.3) is 11.0 Å². The summed E-state index contributed by atoms with van der Waals surface area (Å²) in [5.41, 5.74) is 6.87. The van der Waals surface area contributed by atoms with Crippen molar-refractivity contribution in [1.82, 2.24) is 14.5 Å². The molecule has 5 N–H and O–H groups in total. The maximum Gasteiger partial charge on any atom is 0.153 e. The van der Waals surface area contributed by atoms with Gasteiger partial charge in [-0.15, -0.1) is 0 Å². The summed E-state index contributed by atoms with van der Waals surface area (Å²) in [6, 6.07) is 0. The van der Waals surface area contributed by atoms with Crippen molar-refractivity contribution in [3.05, 3.63) is 18.1 Å². The predicted molar refractivity (Wildman–Crippen MR) is 85.7 cm³/mol. The fourth-order valence-electron chi connectivity index (χ4n) is 2.84. The standard InChI is InChI=1S/C13H16BrN5O4/c1-13(14)9(21)7(4-20)23-12(13)19-3-6(2-18-22)8-10(15)16-5-17-11(8)19/h2-3,5,7,9,12,20-22H,4H2,1H3,(H2,15,16,17)/t7?,9?,12-,13-/m1/s1. The van der Waals surface area contributed by atoms with Gasteiger partial charge < -0.3 is 30.5 Å². The van der Waals surface area contributed by atoms with Crippen LogP contribution >= 0.6 is 15.9 Å². The van der Waals surface area contributed by atoms with Gasteiger partial charge >= 0.3 is 0 Å². The second-order valence-corrected chi connectivity index (χ2v) is 7.21. The molecule has 0 amide bonds. The van der Waals surface area contributed by atoms with E-state index in [4.69, 9.17) is 15.7 Å². The number of rotatable bonds is 3. The van der Waals surface area contributed by atoms with Crippen LogP contribution < -0.4 is 5.73 Å². The molecule has 0 bridgehead atoms. The van der Waals surface area contributed by atoms with Crippen LogP contribution in [0.2, 0.25) is 0 Å². The molecule has 0 aromatic carbocycles. The quantitative estimate of drug-likeness (QED) is 0.256. The maximum absolute atomic E-state index is 10.3. The molecule has 23 heavy (non-hydrogen) atoms. The molecule has 1 aliphatic rings. The number of hydrogen-bond acceptors (Lipinski definition) is 8. The largest absolute Gasteiger partial charge is 0.411 e. The summed E-state index contributed by atoms with van der Waals surface area (Å²) in [6.45, 7) is 1.44. The van der Waals surface area contributed by atoms with Crippen molar-refractivity contribution in [2.75, 3.05) is 12.3 Å². The van der Waals surface area contributed by atoms with Gasteiger partial charge in [0.2, 0.25) is 0 Å². The number of nitrogen functional groups attached to an aromatic ring is 1. The van der Waals surface area contributed by atoms with Crippen molar-refractivity contribution in [1.29, 1.82) is 0 Å². The molecule has 1 aliphatic heterocycles. The normalized spacial score (nSPS) is 31.4. The molecular formula is C13H16BrN5O4. The lowest BCUT2D eigenvalue weighted by molar-refractivity contribution is -0.0437. The third-order valence-electron chi connectivity index (χ3n) is 4.01. The van der Waals surface area contributed by atoms with Crippen LogP contribution in [-0.2, 0) is 4.74 Å². The van der Waals surface area contributed by atoms with Crippen molar-refractivity contribution < 1.29 is 20.2 Å². The lowest BCUT2D eigenvalue weighted by atomic mass is 10.0. The molecule has 2 unspecified atom stereocenters. The minimum absolute atomic E-state index is 0.233. The SMILES string of the molecule is C[C@@]1(Br)C(O)C(CO)O[C@H]1n1cc(C=NO)c2c(N)ncnc21. The number of oxime groups is 1. The highest BCUT2D eigenvalue weighted by Gasteiger charge is 2.52. The van der Waals surface area contributed by atoms with Gasteiger partial charge in [-0.2, -0.15) is 0 Å². The van der Waals surface area contributed by atoms with Gasteiger partial charge in [0.1, 0.15) is 30.0 Å². The Hall–Kier alpha value is -1.75. The van der Waals surface area contributed by atoms with E-state index in [1.807, 2.05) is 0 Å². The van der Waals surface area contributed by atoms with Crippen LogP contribution in [0.5, 0.6) is 0 Å². The number of fused-ring (bicyclic) bond motifs is 1. The van der Waals surface area contributed by atoms with Crippen molar-refractivity contribution in [3.63, 3.8) is 0 Å². The summed E-state index contributed by atoms with van der Waals surface area (Å²) in [4.78, 5) is 8.16. The molecule has 0 saturated carbocycles. The molecule has 0 radical (unpaired) electrons. The minimum atomic E-state index is -0.927. The first-order valence-corrected chi connectivity index (χ1v) is 7.62. The summed E-state index contributed by atoms with van der Waals surface area (Å²) in [6.07, 6.45) is 1.85. The Morgan fingerprint density at radius 3 is 2.91 bits per heavy atom. The number of anilines is 1. The van der Waals surface area contributed by atoms with E-state index in [1.54, 1.807) is 17.7 Å². The van der Waals surface area contributed by atoms with Gasteiger partial charge in [0.15, 0.2) is 6.23 Å². The number of ether oxygens (including phenoxy) is 1. The Bertz CT molecular complexity index is 762. The smallest absolute Gasteiger partial charge is 0.153 e. The van der Waals surface area contributed by atoms with Crippen LogP contribution in [0.4, 0.5) is 5.82 Å². The van der Waals surface area contributed by atoms with Crippen LogP contribution in [0.1, 0.15) is 18.7 Å². The van der Waals surface area contributed by atoms with Crippen LogP contribution in [-0.4, -0.2) is 59.3 Å². The minimum Gasteiger partial charge on any atom is -0.411 e. The topological polar surface area (TPSA) is 139 Å². The Labute approximate surface area is 139 Å². The second kappa shape index (κ2) is 5.71. The molecule has 3 heterocycles. The van der Waals surface area contributed by atoms with E-state index >= 15 is 0 Å². The zero-order chi connectivity index (χ0) is 16.8. The van der Waals surface area contributed by atoms with Gasteiger partial charge in [0, 0.05) is 11.8 Å². The summed E-state index contributed by atoms with van der Waals surface area (Å²) in [5, 5.41) is 32.1. The first kappa shape index (κ1) is 16.1. The van der Waals surface area contributed by atoms with Crippen molar-refractivity contribution >= 4 is 39.0 Å². The number of alkyl halides is 1. The molecule has 1 saturated heterocycles. The molecule has 9 nitrogen and oxygen atoms in total. The zero-order valence-corrected chi connectivity index (χ0v) is 13.8. The highest BCUT2D eigenvalue weighted by molar-refractivity contribution is 9.10. The first-order valence-electron chi connectivity index (χ1n) is 6.83. The Morgan fingerprint density at radius 1 is 1.57 bits per heavy atom. The van der Waals surface area contributed by atoms with Crippen LogP contribution in [0, 0.1) is 0 Å². The van der Waals surface area contributed by atoms with Gasteiger partial charge in [0.25, 0.3) is 0 Å². The maximum atomic E-state index is 10.3. The van der Waals surface area contributed by atoms with Crippen molar-refractivity contribution in [3.8, 4) is 0 Å². The Morgan fingerprint density at radius 2 is 2.30 bits per heavy atom. The number of aliphatic hydroxyl groups excluding tert-OH is 2. The number of nitrogens with two attached hydrogens (primary N) is 1. The number of halogens is 1. The van der Waals surface area contributed by atoms with E-state index in [9.17, 15) is 10.2 Å². The molecule has 0 spiro atoms. The van der Waals surface area contributed by atoms with Crippen molar-refractivity contribution in [2.24, 2.45) is 5.16 Å². The van der Waals surface area contributed by atoms with E-state index < -0.39 is 22.8 Å². The number of nitrogens with zero attached hydrogens (tertiary/aromatic N) is 4. The summed E-state index contributed by atoms with van der Waals surface area (Å²) < 4.78 is 6.57. The summed E-state index contributed by atoms with van der Waals surface area (Å²) >= 11 is 3.48. The van der Waals surface area contributed by atoms with E-state index in [0.717, 1.165) is 0 Å². The molecular weight excluding hydrogens is 370 g/mol. The van der Waals surface area contributed by atoms with E-state index in [1.165, 1.54) is 12.5 Å². The lowest BCUT2D eigenvalue weighted by Crippen LogP contribution is -2.39. The predicted octanol–water partition coefficient (Wildman–Crippen LogP) is 0.226. The highest BCUT2D eigenvalue weighted by Crippen LogP contribution is 2.46. The summed E-state index contributed by atoms with van der Waals surface area (Å²) in [5.74, 6) is 0.233. The third-order valence-corrected chi connectivity index (χ3v) is 4.88. The van der Waals surface area contributed by atoms with Crippen LogP contribution in [0.3, 0.4) is 0 Å². The molecule has 3 rings (SSSR count). The lowest BCUT2D eigenvalue weighted by Gasteiger charge is -2.27. The average molecular weight is 386 g/mol. The molecule has 1 fully saturated rings. The molecule has 10 heteroatoms. The monoisotopic (exact) mass is 385 g/mol. The Balaban J connectivity index is 2.19. The van der Waals surface area contributed by atoms with Gasteiger partial charge in [-0.1, -0.05) is 21.1 Å². The van der Waals surface area contributed by atoms with Crippen LogP contribution in [0.15, 0.2) is 17.7 Å².